The fourth-order valence-corrected chi connectivity index (χ4v) is 2.29. The molecule has 2 rings (SSSR count). The highest BCUT2D eigenvalue weighted by molar-refractivity contribution is 7.98. The van der Waals surface area contributed by atoms with E-state index in [4.69, 9.17) is 10.6 Å². The molecule has 20 heavy (non-hydrogen) atoms. The van der Waals surface area contributed by atoms with Crippen molar-refractivity contribution in [3.63, 3.8) is 0 Å². The Kier molecular flexibility index (Phi) is 4.62. The van der Waals surface area contributed by atoms with Crippen LogP contribution in [0.1, 0.15) is 29.8 Å². The van der Waals surface area contributed by atoms with Crippen LogP contribution in [0.2, 0.25) is 0 Å². The number of aromatic nitrogens is 3. The van der Waals surface area contributed by atoms with Gasteiger partial charge in [0.2, 0.25) is 5.16 Å². The van der Waals surface area contributed by atoms with Gasteiger partial charge in [-0.25, -0.2) is 9.47 Å². The summed E-state index contributed by atoms with van der Waals surface area (Å²) in [6.45, 7) is 3.65. The van der Waals surface area contributed by atoms with Crippen molar-refractivity contribution in [1.82, 2.24) is 14.9 Å². The van der Waals surface area contributed by atoms with E-state index in [1.54, 1.807) is 12.1 Å². The summed E-state index contributed by atoms with van der Waals surface area (Å²) >= 11 is 1.48. The summed E-state index contributed by atoms with van der Waals surface area (Å²) in [6, 6.07) is 7.30. The van der Waals surface area contributed by atoms with Crippen LogP contribution in [-0.4, -0.2) is 26.9 Å². The van der Waals surface area contributed by atoms with Crippen LogP contribution in [0.15, 0.2) is 35.7 Å². The number of rotatable bonds is 5. The minimum absolute atomic E-state index is 0.117. The van der Waals surface area contributed by atoms with E-state index in [0.29, 0.717) is 16.5 Å². The SMILES string of the molecule is CC(C)OC(=O)c1ccc(CSc2nncn2N)cc1. The lowest BCUT2D eigenvalue weighted by Crippen LogP contribution is -2.11. The molecule has 0 atom stereocenters. The standard InChI is InChI=1S/C13H16N4O2S/c1-9(2)19-12(18)11-5-3-10(4-6-11)7-20-13-16-15-8-17(13)14/h3-6,8-9H,7,14H2,1-2H3. The van der Waals surface area contributed by atoms with Gasteiger partial charge < -0.3 is 10.6 Å². The highest BCUT2D eigenvalue weighted by atomic mass is 32.2. The van der Waals surface area contributed by atoms with E-state index < -0.39 is 0 Å². The van der Waals surface area contributed by atoms with Crippen LogP contribution < -0.4 is 5.84 Å². The third kappa shape index (κ3) is 3.74. The van der Waals surface area contributed by atoms with Gasteiger partial charge in [-0.2, -0.15) is 0 Å². The molecule has 0 aliphatic carbocycles. The number of benzene rings is 1. The van der Waals surface area contributed by atoms with E-state index in [-0.39, 0.29) is 12.1 Å². The number of ether oxygens (including phenoxy) is 1. The molecule has 1 aromatic carbocycles. The smallest absolute Gasteiger partial charge is 0.338 e. The van der Waals surface area contributed by atoms with Gasteiger partial charge in [-0.1, -0.05) is 23.9 Å². The van der Waals surface area contributed by atoms with Gasteiger partial charge in [-0.05, 0) is 31.5 Å². The van der Waals surface area contributed by atoms with Gasteiger partial charge in [0.1, 0.15) is 6.33 Å². The van der Waals surface area contributed by atoms with Crippen molar-refractivity contribution in [3.8, 4) is 0 Å². The number of hydrogen-bond donors (Lipinski definition) is 1. The van der Waals surface area contributed by atoms with Crippen LogP contribution in [0, 0.1) is 0 Å². The van der Waals surface area contributed by atoms with Crippen molar-refractivity contribution in [1.29, 1.82) is 0 Å². The van der Waals surface area contributed by atoms with Crippen LogP contribution in [0.4, 0.5) is 0 Å². The largest absolute Gasteiger partial charge is 0.459 e. The van der Waals surface area contributed by atoms with Gasteiger partial charge in [0, 0.05) is 5.75 Å². The molecule has 106 valence electrons. The first-order chi connectivity index (χ1) is 9.56. The van der Waals surface area contributed by atoms with Gasteiger partial charge in [0.15, 0.2) is 0 Å². The molecule has 0 amide bonds. The molecule has 2 N–H and O–H groups in total. The number of esters is 1. The third-order valence-corrected chi connectivity index (χ3v) is 3.47. The minimum Gasteiger partial charge on any atom is -0.459 e. The molecule has 7 heteroatoms. The van der Waals surface area contributed by atoms with E-state index in [2.05, 4.69) is 10.2 Å². The average Bonchev–Trinajstić information content (AvgIpc) is 2.82. The summed E-state index contributed by atoms with van der Waals surface area (Å²) < 4.78 is 6.50. The van der Waals surface area contributed by atoms with Crippen molar-refractivity contribution >= 4 is 17.7 Å². The fraction of sp³-hybridized carbons (Fsp3) is 0.308. The second-order valence-electron chi connectivity index (χ2n) is 4.46. The van der Waals surface area contributed by atoms with Crippen LogP contribution in [0.25, 0.3) is 0 Å². The molecular weight excluding hydrogens is 276 g/mol. The van der Waals surface area contributed by atoms with E-state index in [0.717, 1.165) is 5.56 Å². The molecule has 0 fully saturated rings. The lowest BCUT2D eigenvalue weighted by Gasteiger charge is -2.08. The molecule has 0 spiro atoms. The van der Waals surface area contributed by atoms with E-state index >= 15 is 0 Å². The van der Waals surface area contributed by atoms with Gasteiger partial charge >= 0.3 is 5.97 Å². The molecule has 1 heterocycles. The second-order valence-corrected chi connectivity index (χ2v) is 5.40. The lowest BCUT2D eigenvalue weighted by molar-refractivity contribution is 0.0378. The normalized spacial score (nSPS) is 10.8. The first-order valence-corrected chi connectivity index (χ1v) is 7.12. The van der Waals surface area contributed by atoms with E-state index in [1.807, 2.05) is 26.0 Å². The summed E-state index contributed by atoms with van der Waals surface area (Å²) in [4.78, 5) is 11.7. The Balaban J connectivity index is 1.95. The van der Waals surface area contributed by atoms with Crippen molar-refractivity contribution < 1.29 is 9.53 Å². The van der Waals surface area contributed by atoms with Crippen LogP contribution >= 0.6 is 11.8 Å². The molecule has 0 unspecified atom stereocenters. The number of nitrogen functional groups attached to an aromatic ring is 1. The fourth-order valence-electron chi connectivity index (χ4n) is 1.50. The molecule has 0 saturated carbocycles. The van der Waals surface area contributed by atoms with Crippen LogP contribution in [-0.2, 0) is 10.5 Å². The lowest BCUT2D eigenvalue weighted by atomic mass is 10.1. The zero-order chi connectivity index (χ0) is 14.5. The van der Waals surface area contributed by atoms with Crippen LogP contribution in [0.3, 0.4) is 0 Å². The molecule has 0 radical (unpaired) electrons. The zero-order valence-corrected chi connectivity index (χ0v) is 12.1. The number of hydrogen-bond acceptors (Lipinski definition) is 6. The summed E-state index contributed by atoms with van der Waals surface area (Å²) in [5, 5.41) is 8.24. The topological polar surface area (TPSA) is 83.0 Å². The summed E-state index contributed by atoms with van der Waals surface area (Å²) in [7, 11) is 0. The molecule has 0 aliphatic heterocycles. The Bertz CT molecular complexity index is 580. The number of carbonyl (C=O) groups excluding carboxylic acids is 1. The maximum Gasteiger partial charge on any atom is 0.338 e. The maximum absolute atomic E-state index is 11.7. The Morgan fingerprint density at radius 1 is 1.40 bits per heavy atom. The molecule has 1 aromatic heterocycles. The van der Waals surface area contributed by atoms with Crippen molar-refractivity contribution in [3.05, 3.63) is 41.7 Å². The quantitative estimate of drug-likeness (QED) is 0.514. The number of nitrogens with two attached hydrogens (primary N) is 1. The molecular formula is C13H16N4O2S. The zero-order valence-electron chi connectivity index (χ0n) is 11.3. The van der Waals surface area contributed by atoms with Crippen LogP contribution in [0.5, 0.6) is 0 Å². The molecule has 0 saturated heterocycles. The maximum atomic E-state index is 11.7. The van der Waals surface area contributed by atoms with Gasteiger partial charge in [0.05, 0.1) is 11.7 Å². The summed E-state index contributed by atoms with van der Waals surface area (Å²) in [5.74, 6) is 6.02. The van der Waals surface area contributed by atoms with E-state index in [9.17, 15) is 4.79 Å². The average molecular weight is 292 g/mol. The monoisotopic (exact) mass is 292 g/mol. The van der Waals surface area contributed by atoms with Gasteiger partial charge in [-0.15, -0.1) is 10.2 Å². The number of carbonyl (C=O) groups is 1. The van der Waals surface area contributed by atoms with Gasteiger partial charge in [0.25, 0.3) is 0 Å². The molecule has 0 bridgehead atoms. The van der Waals surface area contributed by atoms with E-state index in [1.165, 1.54) is 22.8 Å². The van der Waals surface area contributed by atoms with Gasteiger partial charge in [-0.3, -0.25) is 0 Å². The highest BCUT2D eigenvalue weighted by Crippen LogP contribution is 2.19. The first-order valence-electron chi connectivity index (χ1n) is 6.14. The predicted molar refractivity (Wildman–Crippen MR) is 76.7 cm³/mol. The Morgan fingerprint density at radius 2 is 2.10 bits per heavy atom. The third-order valence-electron chi connectivity index (χ3n) is 2.44. The summed E-state index contributed by atoms with van der Waals surface area (Å²) in [5.41, 5.74) is 1.62. The van der Waals surface area contributed by atoms with Crippen molar-refractivity contribution in [2.75, 3.05) is 5.84 Å². The number of nitrogens with zero attached hydrogens (tertiary/aromatic N) is 3. The summed E-state index contributed by atoms with van der Waals surface area (Å²) in [6.07, 6.45) is 1.33. The first kappa shape index (κ1) is 14.4. The minimum atomic E-state index is -0.305. The molecule has 2 aromatic rings. The van der Waals surface area contributed by atoms with Crippen molar-refractivity contribution in [2.45, 2.75) is 30.9 Å². The molecule has 0 aliphatic rings. The predicted octanol–water partition coefficient (Wildman–Crippen LogP) is 1.85. The Labute approximate surface area is 121 Å². The second kappa shape index (κ2) is 6.42. The number of thioether (sulfide) groups is 1. The Morgan fingerprint density at radius 3 is 2.65 bits per heavy atom. The Hall–Kier alpha value is -2.02. The highest BCUT2D eigenvalue weighted by Gasteiger charge is 2.09. The molecule has 6 nitrogen and oxygen atoms in total. The van der Waals surface area contributed by atoms with Crippen molar-refractivity contribution in [2.24, 2.45) is 0 Å².